The average molecular weight is 395 g/mol. The van der Waals surface area contributed by atoms with E-state index in [4.69, 9.17) is 5.11 Å². The van der Waals surface area contributed by atoms with Crippen molar-refractivity contribution >= 4 is 11.8 Å². The number of Topliss-reactive ketones (excluding diaryl/α,β-unsaturated/α-hetero) is 1. The Morgan fingerprint density at radius 1 is 1.21 bits per heavy atom. The molecule has 0 aliphatic heterocycles. The van der Waals surface area contributed by atoms with Crippen LogP contribution in [0.3, 0.4) is 0 Å². The van der Waals surface area contributed by atoms with Gasteiger partial charge in [-0.1, -0.05) is 44.8 Å². The number of aliphatic carboxylic acids is 1. The van der Waals surface area contributed by atoms with Gasteiger partial charge in [0.15, 0.2) is 0 Å². The van der Waals surface area contributed by atoms with E-state index >= 15 is 0 Å². The third-order valence-corrected chi connectivity index (χ3v) is 6.96. The molecular weight excluding hydrogens is 356 g/mol. The summed E-state index contributed by atoms with van der Waals surface area (Å²) < 4.78 is 0. The normalized spacial score (nSPS) is 24.6. The lowest BCUT2D eigenvalue weighted by molar-refractivity contribution is -0.205. The molecule has 0 heterocycles. The molecule has 3 N–H and O–H groups in total. The van der Waals surface area contributed by atoms with Crippen LogP contribution in [0.4, 0.5) is 0 Å². The Morgan fingerprint density at radius 3 is 2.57 bits per heavy atom. The van der Waals surface area contributed by atoms with E-state index in [9.17, 15) is 19.8 Å². The molecule has 0 amide bonds. The zero-order chi connectivity index (χ0) is 20.6. The van der Waals surface area contributed by atoms with Crippen molar-refractivity contribution in [2.24, 2.45) is 17.3 Å². The molecule has 2 atom stereocenters. The Balaban J connectivity index is 1.69. The van der Waals surface area contributed by atoms with E-state index < -0.39 is 11.8 Å². The van der Waals surface area contributed by atoms with Crippen LogP contribution in [-0.4, -0.2) is 32.9 Å². The van der Waals surface area contributed by atoms with Crippen molar-refractivity contribution in [1.29, 1.82) is 0 Å². The Labute approximate surface area is 169 Å². The van der Waals surface area contributed by atoms with E-state index in [1.54, 1.807) is 0 Å². The molecule has 28 heavy (non-hydrogen) atoms. The number of rotatable bonds is 13. The standard InChI is InChI=1S/C23H38O5/c1-2-13-22(15-8-16-22)14-7-5-9-18-11-12-20(24)19(18)10-4-3-6-17-23(27,28)21(25)26/h5,9,18-19,27-28H,2-4,6-8,10-17H2,1H3,(H,25,26)/t18-,19+/m0/s1. The van der Waals surface area contributed by atoms with Crippen LogP contribution >= 0.6 is 0 Å². The second kappa shape index (κ2) is 10.5. The number of ketones is 1. The first-order valence-electron chi connectivity index (χ1n) is 11.2. The molecule has 2 fully saturated rings. The molecule has 0 spiro atoms. The van der Waals surface area contributed by atoms with Gasteiger partial charge in [-0.25, -0.2) is 4.79 Å². The van der Waals surface area contributed by atoms with Gasteiger partial charge in [-0.3, -0.25) is 4.79 Å². The summed E-state index contributed by atoms with van der Waals surface area (Å²) in [5, 5.41) is 27.3. The fourth-order valence-corrected chi connectivity index (χ4v) is 5.05. The summed E-state index contributed by atoms with van der Waals surface area (Å²) in [5.74, 6) is -3.47. The maximum atomic E-state index is 12.2. The zero-order valence-electron chi connectivity index (χ0n) is 17.4. The largest absolute Gasteiger partial charge is 0.477 e. The van der Waals surface area contributed by atoms with Gasteiger partial charge in [-0.15, -0.1) is 0 Å². The molecule has 5 heteroatoms. The summed E-state index contributed by atoms with van der Waals surface area (Å²) in [6.45, 7) is 2.27. The van der Waals surface area contributed by atoms with Crippen molar-refractivity contribution in [2.45, 2.75) is 103 Å². The lowest BCUT2D eigenvalue weighted by Gasteiger charge is -2.42. The van der Waals surface area contributed by atoms with Crippen LogP contribution in [0, 0.1) is 17.3 Å². The lowest BCUT2D eigenvalue weighted by Crippen LogP contribution is -2.37. The number of hydrogen-bond donors (Lipinski definition) is 3. The number of aliphatic hydroxyl groups is 2. The molecule has 2 rings (SSSR count). The summed E-state index contributed by atoms with van der Waals surface area (Å²) in [7, 11) is 0. The Kier molecular flexibility index (Phi) is 8.69. The molecule has 160 valence electrons. The van der Waals surface area contributed by atoms with Crippen LogP contribution in [0.25, 0.3) is 0 Å². The smallest absolute Gasteiger partial charge is 0.364 e. The zero-order valence-corrected chi connectivity index (χ0v) is 17.4. The number of carboxylic acids is 1. The summed E-state index contributed by atoms with van der Waals surface area (Å²) in [6.07, 6.45) is 17.9. The molecule has 0 unspecified atom stereocenters. The Bertz CT molecular complexity index is 547. The van der Waals surface area contributed by atoms with Crippen LogP contribution in [0.15, 0.2) is 12.2 Å². The maximum absolute atomic E-state index is 12.2. The molecule has 0 bridgehead atoms. The monoisotopic (exact) mass is 394 g/mol. The molecule has 2 saturated carbocycles. The molecule has 0 saturated heterocycles. The molecule has 0 aromatic heterocycles. The lowest BCUT2D eigenvalue weighted by atomic mass is 9.63. The Hall–Kier alpha value is -1.20. The van der Waals surface area contributed by atoms with Gasteiger partial charge in [0.1, 0.15) is 5.78 Å². The second-order valence-electron chi connectivity index (χ2n) is 9.07. The van der Waals surface area contributed by atoms with Crippen LogP contribution in [0.1, 0.15) is 96.8 Å². The topological polar surface area (TPSA) is 94.8 Å². The summed E-state index contributed by atoms with van der Waals surface area (Å²) in [5.41, 5.74) is 0.592. The quantitative estimate of drug-likeness (QED) is 0.241. The number of carboxylic acid groups (broad SMARTS) is 1. The van der Waals surface area contributed by atoms with Crippen molar-refractivity contribution in [2.75, 3.05) is 0 Å². The molecule has 2 aliphatic carbocycles. The van der Waals surface area contributed by atoms with E-state index in [1.165, 1.54) is 38.5 Å². The number of unbranched alkanes of at least 4 members (excludes halogenated alkanes) is 2. The van der Waals surface area contributed by atoms with E-state index in [-0.39, 0.29) is 12.3 Å². The Morgan fingerprint density at radius 2 is 1.96 bits per heavy atom. The molecule has 0 radical (unpaired) electrons. The van der Waals surface area contributed by atoms with Crippen molar-refractivity contribution < 1.29 is 24.9 Å². The number of carbonyl (C=O) groups excluding carboxylic acids is 1. The summed E-state index contributed by atoms with van der Waals surface area (Å²) >= 11 is 0. The van der Waals surface area contributed by atoms with Gasteiger partial charge in [-0.2, -0.15) is 0 Å². The second-order valence-corrected chi connectivity index (χ2v) is 9.07. The molecular formula is C23H38O5. The fourth-order valence-electron chi connectivity index (χ4n) is 5.05. The van der Waals surface area contributed by atoms with Crippen molar-refractivity contribution in [3.05, 3.63) is 12.2 Å². The van der Waals surface area contributed by atoms with Gasteiger partial charge in [-0.05, 0) is 62.7 Å². The molecule has 5 nitrogen and oxygen atoms in total. The first kappa shape index (κ1) is 23.1. The minimum absolute atomic E-state index is 0.0806. The van der Waals surface area contributed by atoms with Gasteiger partial charge in [0.05, 0.1) is 0 Å². The van der Waals surface area contributed by atoms with Crippen molar-refractivity contribution in [1.82, 2.24) is 0 Å². The maximum Gasteiger partial charge on any atom is 0.364 e. The molecule has 2 aliphatic rings. The van der Waals surface area contributed by atoms with Crippen molar-refractivity contribution in [3.63, 3.8) is 0 Å². The average Bonchev–Trinajstić information content (AvgIpc) is 2.95. The highest BCUT2D eigenvalue weighted by Gasteiger charge is 2.35. The highest BCUT2D eigenvalue weighted by molar-refractivity contribution is 5.83. The minimum Gasteiger partial charge on any atom is -0.477 e. The van der Waals surface area contributed by atoms with E-state index in [0.29, 0.717) is 36.4 Å². The third kappa shape index (κ3) is 6.41. The van der Waals surface area contributed by atoms with Crippen LogP contribution in [-0.2, 0) is 9.59 Å². The molecule has 0 aromatic rings. The summed E-state index contributed by atoms with van der Waals surface area (Å²) in [6, 6.07) is 0. The predicted octanol–water partition coefficient (Wildman–Crippen LogP) is 4.60. The van der Waals surface area contributed by atoms with E-state index in [1.807, 2.05) is 0 Å². The third-order valence-electron chi connectivity index (χ3n) is 6.96. The van der Waals surface area contributed by atoms with Gasteiger partial charge >= 0.3 is 5.97 Å². The predicted molar refractivity (Wildman–Crippen MR) is 109 cm³/mol. The first-order chi connectivity index (χ1) is 13.3. The van der Waals surface area contributed by atoms with Crippen LogP contribution in [0.2, 0.25) is 0 Å². The van der Waals surface area contributed by atoms with Crippen LogP contribution in [0.5, 0.6) is 0 Å². The number of allylic oxidation sites excluding steroid dienone is 2. The van der Waals surface area contributed by atoms with Gasteiger partial charge in [0.2, 0.25) is 0 Å². The number of hydrogen-bond acceptors (Lipinski definition) is 4. The van der Waals surface area contributed by atoms with Crippen LogP contribution < -0.4 is 0 Å². The molecule has 0 aromatic carbocycles. The minimum atomic E-state index is -2.63. The highest BCUT2D eigenvalue weighted by atomic mass is 16.5. The summed E-state index contributed by atoms with van der Waals surface area (Å²) in [4.78, 5) is 22.9. The van der Waals surface area contributed by atoms with Crippen molar-refractivity contribution in [3.8, 4) is 0 Å². The van der Waals surface area contributed by atoms with Gasteiger partial charge in [0.25, 0.3) is 5.79 Å². The van der Waals surface area contributed by atoms with E-state index in [0.717, 1.165) is 25.7 Å². The van der Waals surface area contributed by atoms with Gasteiger partial charge < -0.3 is 15.3 Å². The first-order valence-corrected chi connectivity index (χ1v) is 11.2. The SMILES string of the molecule is CCCC1(CCC=C[C@H]2CCC(=O)[C@@H]2CCCCCC(O)(O)C(=O)O)CCC1. The highest BCUT2D eigenvalue weighted by Crippen LogP contribution is 2.48. The fraction of sp³-hybridized carbons (Fsp3) is 0.826. The van der Waals surface area contributed by atoms with E-state index in [2.05, 4.69) is 19.1 Å². The number of carbonyl (C=O) groups is 2. The van der Waals surface area contributed by atoms with Gasteiger partial charge in [0, 0.05) is 18.8 Å².